The van der Waals surface area contributed by atoms with E-state index in [0.717, 1.165) is 13.8 Å². The van der Waals surface area contributed by atoms with E-state index in [2.05, 4.69) is 38.5 Å². The van der Waals surface area contributed by atoms with Gasteiger partial charge in [0.05, 0.1) is 27.3 Å². The van der Waals surface area contributed by atoms with Gasteiger partial charge in [0.2, 0.25) is 0 Å². The largest absolute Gasteiger partial charge is 0.494 e. The Kier molecular flexibility index (Phi) is 4.85. The van der Waals surface area contributed by atoms with Gasteiger partial charge in [-0.15, -0.1) is 0 Å². The third-order valence-electron chi connectivity index (χ3n) is 1.71. The molecule has 0 aromatic heterocycles. The van der Waals surface area contributed by atoms with E-state index < -0.39 is 0 Å². The lowest BCUT2D eigenvalue weighted by Gasteiger charge is -2.08. The van der Waals surface area contributed by atoms with Crippen LogP contribution in [0.15, 0.2) is 16.6 Å². The molecule has 0 aliphatic carbocycles. The Labute approximate surface area is 110 Å². The maximum atomic E-state index is 11.5. The van der Waals surface area contributed by atoms with Crippen molar-refractivity contribution in [1.82, 2.24) is 0 Å². The molecular weight excluding hydrogens is 375 g/mol. The monoisotopic (exact) mass is 384 g/mol. The number of carbonyl (C=O) groups is 1. The summed E-state index contributed by atoms with van der Waals surface area (Å²) in [5, 5.41) is 0. The minimum absolute atomic E-state index is 0.321. The first-order chi connectivity index (χ1) is 7.10. The van der Waals surface area contributed by atoms with Gasteiger partial charge in [-0.25, -0.2) is 4.79 Å². The van der Waals surface area contributed by atoms with Crippen molar-refractivity contribution in [2.75, 3.05) is 13.7 Å². The Bertz CT molecular complexity index is 356. The second kappa shape index (κ2) is 5.69. The molecule has 15 heavy (non-hydrogen) atoms. The van der Waals surface area contributed by atoms with Gasteiger partial charge in [0.1, 0.15) is 5.75 Å². The maximum absolute atomic E-state index is 11.5. The van der Waals surface area contributed by atoms with Gasteiger partial charge in [0.25, 0.3) is 0 Å². The molecule has 3 nitrogen and oxygen atoms in total. The average Bonchev–Trinajstić information content (AvgIpc) is 2.17. The molecule has 0 aliphatic heterocycles. The molecule has 0 bridgehead atoms. The van der Waals surface area contributed by atoms with E-state index in [1.165, 1.54) is 0 Å². The van der Waals surface area contributed by atoms with Gasteiger partial charge < -0.3 is 9.47 Å². The molecule has 0 saturated heterocycles. The summed E-state index contributed by atoms with van der Waals surface area (Å²) in [6.07, 6.45) is 0. The van der Waals surface area contributed by atoms with Gasteiger partial charge in [-0.05, 0) is 57.6 Å². The Hall–Kier alpha value is -0.300. The fourth-order valence-corrected chi connectivity index (χ4v) is 2.93. The van der Waals surface area contributed by atoms with Crippen molar-refractivity contribution in [2.45, 2.75) is 6.92 Å². The molecule has 0 radical (unpaired) electrons. The zero-order chi connectivity index (χ0) is 11.4. The van der Waals surface area contributed by atoms with Crippen LogP contribution in [-0.2, 0) is 4.74 Å². The van der Waals surface area contributed by atoms with Crippen molar-refractivity contribution in [3.05, 3.63) is 25.7 Å². The lowest BCUT2D eigenvalue weighted by molar-refractivity contribution is 0.0526. The zero-order valence-corrected chi connectivity index (χ0v) is 12.1. The SMILES string of the molecule is CCOC(=O)c1cc(Br)c(OC)c(I)c1. The zero-order valence-electron chi connectivity index (χ0n) is 8.34. The van der Waals surface area contributed by atoms with Crippen LogP contribution < -0.4 is 4.74 Å². The molecule has 0 saturated carbocycles. The summed E-state index contributed by atoms with van der Waals surface area (Å²) in [7, 11) is 1.59. The van der Waals surface area contributed by atoms with Gasteiger partial charge in [0, 0.05) is 0 Å². The first-order valence-corrected chi connectivity index (χ1v) is 6.17. The van der Waals surface area contributed by atoms with E-state index in [4.69, 9.17) is 9.47 Å². The highest BCUT2D eigenvalue weighted by Gasteiger charge is 2.13. The average molecular weight is 385 g/mol. The molecule has 1 rings (SSSR count). The van der Waals surface area contributed by atoms with Gasteiger partial charge in [-0.2, -0.15) is 0 Å². The van der Waals surface area contributed by atoms with Gasteiger partial charge in [0.15, 0.2) is 0 Å². The quantitative estimate of drug-likeness (QED) is 0.592. The standard InChI is InChI=1S/C10H10BrIO3/c1-3-15-10(13)6-4-7(11)9(14-2)8(12)5-6/h4-5H,3H2,1-2H3. The molecular formula is C10H10BrIO3. The van der Waals surface area contributed by atoms with Crippen molar-refractivity contribution >= 4 is 44.5 Å². The van der Waals surface area contributed by atoms with Crippen LogP contribution in [0.1, 0.15) is 17.3 Å². The summed E-state index contributed by atoms with van der Waals surface area (Å²) in [5.41, 5.74) is 0.522. The maximum Gasteiger partial charge on any atom is 0.338 e. The van der Waals surface area contributed by atoms with Crippen LogP contribution >= 0.6 is 38.5 Å². The van der Waals surface area contributed by atoms with Crippen molar-refractivity contribution in [1.29, 1.82) is 0 Å². The number of halogens is 2. The smallest absolute Gasteiger partial charge is 0.338 e. The van der Waals surface area contributed by atoms with Crippen LogP contribution in [0.2, 0.25) is 0 Å². The minimum Gasteiger partial charge on any atom is -0.494 e. The Balaban J connectivity index is 3.08. The molecule has 1 aromatic carbocycles. The summed E-state index contributed by atoms with van der Waals surface area (Å²) in [4.78, 5) is 11.5. The molecule has 0 N–H and O–H groups in total. The second-order valence-corrected chi connectivity index (χ2v) is 4.71. The van der Waals surface area contributed by atoms with Crippen molar-refractivity contribution < 1.29 is 14.3 Å². The number of rotatable bonds is 3. The number of hydrogen-bond donors (Lipinski definition) is 0. The molecule has 0 fully saturated rings. The van der Waals surface area contributed by atoms with Gasteiger partial charge in [-0.3, -0.25) is 0 Å². The highest BCUT2D eigenvalue weighted by Crippen LogP contribution is 2.31. The minimum atomic E-state index is -0.321. The molecule has 0 unspecified atom stereocenters. The molecule has 0 amide bonds. The Morgan fingerprint density at radius 3 is 2.67 bits per heavy atom. The predicted octanol–water partition coefficient (Wildman–Crippen LogP) is 3.24. The Morgan fingerprint density at radius 2 is 2.20 bits per heavy atom. The Morgan fingerprint density at radius 1 is 1.53 bits per heavy atom. The number of carbonyl (C=O) groups excluding carboxylic acids is 1. The highest BCUT2D eigenvalue weighted by molar-refractivity contribution is 14.1. The topological polar surface area (TPSA) is 35.5 Å². The summed E-state index contributed by atoms with van der Waals surface area (Å²) < 4.78 is 11.7. The van der Waals surface area contributed by atoms with E-state index in [-0.39, 0.29) is 5.97 Å². The fraction of sp³-hybridized carbons (Fsp3) is 0.300. The third kappa shape index (κ3) is 3.07. The van der Waals surface area contributed by atoms with Crippen molar-refractivity contribution in [3.8, 4) is 5.75 Å². The molecule has 0 aliphatic rings. The van der Waals surface area contributed by atoms with E-state index in [1.54, 1.807) is 26.2 Å². The van der Waals surface area contributed by atoms with Crippen molar-refractivity contribution in [3.63, 3.8) is 0 Å². The van der Waals surface area contributed by atoms with Crippen molar-refractivity contribution in [2.24, 2.45) is 0 Å². The molecule has 0 spiro atoms. The first-order valence-electron chi connectivity index (χ1n) is 4.30. The third-order valence-corrected chi connectivity index (χ3v) is 3.10. The van der Waals surface area contributed by atoms with E-state index in [1.807, 2.05) is 0 Å². The van der Waals surface area contributed by atoms with Crippen LogP contribution in [0.5, 0.6) is 5.75 Å². The van der Waals surface area contributed by atoms with Crippen LogP contribution in [0.25, 0.3) is 0 Å². The second-order valence-electron chi connectivity index (χ2n) is 2.69. The molecule has 82 valence electrons. The van der Waals surface area contributed by atoms with E-state index in [0.29, 0.717) is 12.2 Å². The number of methoxy groups -OCH3 is 1. The molecule has 1 aromatic rings. The van der Waals surface area contributed by atoms with E-state index >= 15 is 0 Å². The predicted molar refractivity (Wildman–Crippen MR) is 69.4 cm³/mol. The summed E-state index contributed by atoms with van der Waals surface area (Å²) in [5.74, 6) is 0.405. The lowest BCUT2D eigenvalue weighted by Crippen LogP contribution is -2.05. The van der Waals surface area contributed by atoms with Gasteiger partial charge >= 0.3 is 5.97 Å². The van der Waals surface area contributed by atoms with Gasteiger partial charge in [-0.1, -0.05) is 0 Å². The van der Waals surface area contributed by atoms with Crippen LogP contribution in [0.4, 0.5) is 0 Å². The number of esters is 1. The highest BCUT2D eigenvalue weighted by atomic mass is 127. The molecule has 0 heterocycles. The lowest BCUT2D eigenvalue weighted by atomic mass is 10.2. The number of ether oxygens (including phenoxy) is 2. The molecule has 5 heteroatoms. The molecule has 0 atom stereocenters. The van der Waals surface area contributed by atoms with Crippen LogP contribution in [0.3, 0.4) is 0 Å². The van der Waals surface area contributed by atoms with E-state index in [9.17, 15) is 4.79 Å². The number of benzene rings is 1. The summed E-state index contributed by atoms with van der Waals surface area (Å²) in [6.45, 7) is 2.15. The fourth-order valence-electron chi connectivity index (χ4n) is 1.09. The van der Waals surface area contributed by atoms with Crippen LogP contribution in [-0.4, -0.2) is 19.7 Å². The number of hydrogen-bond acceptors (Lipinski definition) is 3. The first kappa shape index (κ1) is 12.8. The normalized spacial score (nSPS) is 9.87. The summed E-state index contributed by atoms with van der Waals surface area (Å²) >= 11 is 5.45. The van der Waals surface area contributed by atoms with Crippen LogP contribution in [0, 0.1) is 3.57 Å². The summed E-state index contributed by atoms with van der Waals surface area (Å²) in [6, 6.07) is 3.43.